The molecule has 3 atom stereocenters. The Kier molecular flexibility index (Phi) is 2.90. The van der Waals surface area contributed by atoms with Gasteiger partial charge in [-0.25, -0.2) is 4.98 Å². The van der Waals surface area contributed by atoms with Gasteiger partial charge in [-0.15, -0.1) is 0 Å². The number of nitrogens with zero attached hydrogens (tertiary/aromatic N) is 2. The van der Waals surface area contributed by atoms with Crippen LogP contribution in [0.25, 0.3) is 11.0 Å². The number of aromatic amines is 1. The highest BCUT2D eigenvalue weighted by molar-refractivity contribution is 7.71. The first kappa shape index (κ1) is 11.8. The molecule has 3 rings (SSSR count). The van der Waals surface area contributed by atoms with Crippen LogP contribution in [0.15, 0.2) is 18.6 Å². The minimum Gasteiger partial charge on any atom is -0.394 e. The molecule has 1 saturated heterocycles. The Morgan fingerprint density at radius 2 is 2.44 bits per heavy atom. The number of H-pyrrole nitrogens is 1. The molecule has 18 heavy (non-hydrogen) atoms. The van der Waals surface area contributed by atoms with E-state index in [-0.39, 0.29) is 12.6 Å². The van der Waals surface area contributed by atoms with Crippen molar-refractivity contribution in [3.63, 3.8) is 0 Å². The molecule has 1 aliphatic heterocycles. The molecule has 0 radical (unpaired) electrons. The number of fused-ring (bicyclic) bond motifs is 1. The fraction of sp³-hybridized carbons (Fsp3) is 0.455. The maximum absolute atomic E-state index is 10.1. The molecule has 0 aromatic carbocycles. The summed E-state index contributed by atoms with van der Waals surface area (Å²) in [6.45, 7) is 0.174. The molecular formula is C11H13N3O3S. The van der Waals surface area contributed by atoms with Crippen molar-refractivity contribution < 1.29 is 14.9 Å². The number of hydrogen-bond acceptors (Lipinski definition) is 5. The highest BCUT2D eigenvalue weighted by atomic mass is 32.1. The molecule has 3 heterocycles. The van der Waals surface area contributed by atoms with Crippen molar-refractivity contribution in [1.29, 1.82) is 0 Å². The van der Waals surface area contributed by atoms with Crippen molar-refractivity contribution in [2.75, 3.05) is 13.2 Å². The molecule has 1 aliphatic rings. The number of nitrogens with one attached hydrogen (secondary N) is 1. The van der Waals surface area contributed by atoms with E-state index in [1.165, 1.54) is 6.33 Å². The number of aliphatic hydroxyl groups excluding tert-OH is 2. The molecule has 1 fully saturated rings. The molecule has 2 aromatic heterocycles. The molecule has 0 saturated carbocycles. The smallest absolute Gasteiger partial charge is 0.138 e. The first-order valence-corrected chi connectivity index (χ1v) is 6.08. The van der Waals surface area contributed by atoms with E-state index in [9.17, 15) is 5.11 Å². The van der Waals surface area contributed by atoms with E-state index in [2.05, 4.69) is 9.97 Å². The summed E-state index contributed by atoms with van der Waals surface area (Å²) in [4.78, 5) is 7.04. The Hall–Kier alpha value is -1.28. The zero-order chi connectivity index (χ0) is 12.7. The zero-order valence-corrected chi connectivity index (χ0v) is 10.3. The molecular weight excluding hydrogens is 254 g/mol. The van der Waals surface area contributed by atoms with E-state index in [4.69, 9.17) is 22.1 Å². The van der Waals surface area contributed by atoms with Crippen molar-refractivity contribution in [3.8, 4) is 0 Å². The molecule has 0 unspecified atom stereocenters. The Labute approximate surface area is 108 Å². The number of aliphatic hydroxyl groups is 2. The predicted molar refractivity (Wildman–Crippen MR) is 66.8 cm³/mol. The molecule has 0 spiro atoms. The van der Waals surface area contributed by atoms with Crippen LogP contribution in [0.3, 0.4) is 0 Å². The Morgan fingerprint density at radius 3 is 3.17 bits per heavy atom. The molecule has 6 nitrogen and oxygen atoms in total. The predicted octanol–water partition coefficient (Wildman–Crippen LogP) is 0.387. The topological polar surface area (TPSA) is 83.3 Å². The summed E-state index contributed by atoms with van der Waals surface area (Å²) in [6, 6.07) is 1.63. The van der Waals surface area contributed by atoms with Gasteiger partial charge in [0, 0.05) is 6.20 Å². The van der Waals surface area contributed by atoms with Gasteiger partial charge < -0.3 is 24.5 Å². The molecule has 0 bridgehead atoms. The van der Waals surface area contributed by atoms with Gasteiger partial charge in [0.15, 0.2) is 0 Å². The molecule has 7 heteroatoms. The standard InChI is InChI=1S/C11H13N3O3S/c15-3-8-9(16)7(4-17-8)14-2-1-6-10(14)12-5-13-11(6)18/h1-2,5,7-9,15-16H,3-4H2,(H,12,13,18)/t7-,8-,9+/m0/s1. The second-order valence-electron chi connectivity index (χ2n) is 4.31. The molecule has 0 aliphatic carbocycles. The first-order valence-electron chi connectivity index (χ1n) is 5.67. The van der Waals surface area contributed by atoms with E-state index in [0.29, 0.717) is 11.2 Å². The largest absolute Gasteiger partial charge is 0.394 e. The van der Waals surface area contributed by atoms with E-state index in [1.807, 2.05) is 16.8 Å². The summed E-state index contributed by atoms with van der Waals surface area (Å²) >= 11 is 5.14. The Bertz CT molecular complexity index is 623. The summed E-state index contributed by atoms with van der Waals surface area (Å²) in [5.41, 5.74) is 0.807. The van der Waals surface area contributed by atoms with Crippen molar-refractivity contribution in [1.82, 2.24) is 14.5 Å². The quantitative estimate of drug-likeness (QED) is 0.685. The van der Waals surface area contributed by atoms with E-state index < -0.39 is 12.2 Å². The van der Waals surface area contributed by atoms with Crippen molar-refractivity contribution in [2.24, 2.45) is 0 Å². The average molecular weight is 267 g/mol. The third-order valence-electron chi connectivity index (χ3n) is 3.32. The lowest BCUT2D eigenvalue weighted by atomic mass is 10.1. The van der Waals surface area contributed by atoms with Crippen LogP contribution in [-0.2, 0) is 4.74 Å². The van der Waals surface area contributed by atoms with Gasteiger partial charge in [-0.05, 0) is 6.07 Å². The number of aromatic nitrogens is 3. The minimum absolute atomic E-state index is 0.186. The summed E-state index contributed by atoms with van der Waals surface area (Å²) in [6.07, 6.45) is 2.11. The summed E-state index contributed by atoms with van der Waals surface area (Å²) in [7, 11) is 0. The molecule has 96 valence electrons. The van der Waals surface area contributed by atoms with Gasteiger partial charge in [0.25, 0.3) is 0 Å². The molecule has 2 aromatic rings. The van der Waals surface area contributed by atoms with Crippen LogP contribution < -0.4 is 0 Å². The summed E-state index contributed by atoms with van der Waals surface area (Å²) < 4.78 is 7.76. The Balaban J connectivity index is 2.06. The third kappa shape index (κ3) is 1.67. The van der Waals surface area contributed by atoms with Gasteiger partial charge in [0.05, 0.1) is 31.0 Å². The molecule has 0 amide bonds. The fourth-order valence-electron chi connectivity index (χ4n) is 2.34. The van der Waals surface area contributed by atoms with E-state index in [0.717, 1.165) is 11.0 Å². The second-order valence-corrected chi connectivity index (χ2v) is 4.69. The van der Waals surface area contributed by atoms with Crippen molar-refractivity contribution >= 4 is 23.3 Å². The van der Waals surface area contributed by atoms with Crippen LogP contribution in [0.5, 0.6) is 0 Å². The lowest BCUT2D eigenvalue weighted by Gasteiger charge is -2.18. The fourth-order valence-corrected chi connectivity index (χ4v) is 2.56. The maximum Gasteiger partial charge on any atom is 0.138 e. The monoisotopic (exact) mass is 267 g/mol. The van der Waals surface area contributed by atoms with Gasteiger partial charge in [0.2, 0.25) is 0 Å². The van der Waals surface area contributed by atoms with Crippen molar-refractivity contribution in [2.45, 2.75) is 18.2 Å². The molecule has 3 N–H and O–H groups in total. The Morgan fingerprint density at radius 1 is 1.61 bits per heavy atom. The van der Waals surface area contributed by atoms with E-state index >= 15 is 0 Å². The van der Waals surface area contributed by atoms with Crippen LogP contribution in [0, 0.1) is 4.64 Å². The van der Waals surface area contributed by atoms with E-state index in [1.54, 1.807) is 0 Å². The van der Waals surface area contributed by atoms with Crippen LogP contribution in [0.2, 0.25) is 0 Å². The van der Waals surface area contributed by atoms with Gasteiger partial charge in [-0.3, -0.25) is 0 Å². The highest BCUT2D eigenvalue weighted by Gasteiger charge is 2.37. The van der Waals surface area contributed by atoms with Crippen LogP contribution in [0.1, 0.15) is 6.04 Å². The minimum atomic E-state index is -0.735. The summed E-state index contributed by atoms with van der Waals surface area (Å²) in [5, 5.41) is 20.0. The number of rotatable bonds is 2. The van der Waals surface area contributed by atoms with Crippen LogP contribution >= 0.6 is 12.2 Å². The number of ether oxygens (including phenoxy) is 1. The van der Waals surface area contributed by atoms with Crippen molar-refractivity contribution in [3.05, 3.63) is 23.2 Å². The zero-order valence-electron chi connectivity index (χ0n) is 9.48. The second kappa shape index (κ2) is 4.43. The maximum atomic E-state index is 10.1. The number of hydrogen-bond donors (Lipinski definition) is 3. The average Bonchev–Trinajstić information content (AvgIpc) is 2.93. The van der Waals surface area contributed by atoms with Gasteiger partial charge in [0.1, 0.15) is 22.5 Å². The first-order chi connectivity index (χ1) is 8.72. The normalized spacial score (nSPS) is 28.0. The SMILES string of the molecule is OC[C@@H]1OC[C@H](n2ccc3c(=S)nc[nH]c32)[C@H]1O. The van der Waals surface area contributed by atoms with Gasteiger partial charge in [-0.1, -0.05) is 12.2 Å². The van der Waals surface area contributed by atoms with Crippen LogP contribution in [0.4, 0.5) is 0 Å². The van der Waals surface area contributed by atoms with Gasteiger partial charge in [-0.2, -0.15) is 0 Å². The highest BCUT2D eigenvalue weighted by Crippen LogP contribution is 2.28. The lowest BCUT2D eigenvalue weighted by molar-refractivity contribution is 0.00207. The van der Waals surface area contributed by atoms with Crippen LogP contribution in [-0.4, -0.2) is 50.2 Å². The van der Waals surface area contributed by atoms with Gasteiger partial charge >= 0.3 is 0 Å². The lowest BCUT2D eigenvalue weighted by Crippen LogP contribution is -2.30. The third-order valence-corrected chi connectivity index (χ3v) is 3.65. The summed E-state index contributed by atoms with van der Waals surface area (Å²) in [5.74, 6) is 0.